The van der Waals surface area contributed by atoms with E-state index in [1.807, 2.05) is 0 Å². The molecule has 0 atom stereocenters. The van der Waals surface area contributed by atoms with Crippen molar-refractivity contribution in [2.24, 2.45) is 0 Å². The van der Waals surface area contributed by atoms with Crippen molar-refractivity contribution < 1.29 is 18.3 Å². The lowest BCUT2D eigenvalue weighted by Crippen LogP contribution is -2.16. The van der Waals surface area contributed by atoms with Gasteiger partial charge in [-0.15, -0.1) is 0 Å². The Kier molecular flexibility index (Phi) is 3.31. The molecule has 0 spiro atoms. The summed E-state index contributed by atoms with van der Waals surface area (Å²) in [4.78, 5) is 10.3. The van der Waals surface area contributed by atoms with Crippen molar-refractivity contribution in [1.29, 1.82) is 0 Å². The Hall–Kier alpha value is -1.56. The molecule has 82 valence electrons. The van der Waals surface area contributed by atoms with Gasteiger partial charge in [0.05, 0.1) is 5.75 Å². The number of nitrogens with two attached hydrogens (primary N) is 1. The van der Waals surface area contributed by atoms with Gasteiger partial charge in [-0.05, 0) is 17.7 Å². The van der Waals surface area contributed by atoms with Gasteiger partial charge < -0.3 is 10.8 Å². The number of hydrogen-bond acceptors (Lipinski definition) is 4. The molecule has 0 saturated carbocycles. The van der Waals surface area contributed by atoms with Crippen LogP contribution in [0.1, 0.15) is 5.56 Å². The van der Waals surface area contributed by atoms with E-state index < -0.39 is 21.6 Å². The Morgan fingerprint density at radius 3 is 2.27 bits per heavy atom. The molecule has 0 unspecified atom stereocenters. The molecular weight excluding hydrogens is 218 g/mol. The number of rotatable bonds is 4. The summed E-state index contributed by atoms with van der Waals surface area (Å²) >= 11 is 0. The normalized spacial score (nSPS) is 11.2. The minimum Gasteiger partial charge on any atom is -0.480 e. The molecule has 0 radical (unpaired) electrons. The Balaban J connectivity index is 2.78. The molecule has 0 aromatic heterocycles. The summed E-state index contributed by atoms with van der Waals surface area (Å²) in [5.41, 5.74) is 6.50. The third kappa shape index (κ3) is 3.99. The zero-order valence-electron chi connectivity index (χ0n) is 7.88. The molecule has 1 aromatic carbocycles. The molecule has 0 fully saturated rings. The fourth-order valence-corrected chi connectivity index (χ4v) is 2.29. The van der Waals surface area contributed by atoms with Gasteiger partial charge in [-0.2, -0.15) is 0 Å². The number of carboxylic acid groups (broad SMARTS) is 1. The summed E-state index contributed by atoms with van der Waals surface area (Å²) in [6, 6.07) is 6.28. The minimum absolute atomic E-state index is 0.278. The van der Waals surface area contributed by atoms with Gasteiger partial charge in [-0.3, -0.25) is 4.79 Å². The summed E-state index contributed by atoms with van der Waals surface area (Å²) in [5, 5.41) is 8.37. The first-order valence-corrected chi connectivity index (χ1v) is 5.98. The molecule has 0 heterocycles. The van der Waals surface area contributed by atoms with E-state index in [-0.39, 0.29) is 5.75 Å². The van der Waals surface area contributed by atoms with E-state index in [0.717, 1.165) is 0 Å². The molecule has 0 saturated heterocycles. The molecule has 6 heteroatoms. The van der Waals surface area contributed by atoms with Crippen LogP contribution in [0, 0.1) is 0 Å². The van der Waals surface area contributed by atoms with Crippen LogP contribution in [0.3, 0.4) is 0 Å². The van der Waals surface area contributed by atoms with Crippen LogP contribution in [0.5, 0.6) is 0 Å². The van der Waals surface area contributed by atoms with Crippen molar-refractivity contribution in [2.45, 2.75) is 5.75 Å². The van der Waals surface area contributed by atoms with Crippen LogP contribution < -0.4 is 5.73 Å². The van der Waals surface area contributed by atoms with Crippen molar-refractivity contribution >= 4 is 21.5 Å². The third-order valence-electron chi connectivity index (χ3n) is 1.71. The second kappa shape index (κ2) is 4.31. The van der Waals surface area contributed by atoms with Gasteiger partial charge in [-0.25, -0.2) is 8.42 Å². The number of sulfone groups is 1. The van der Waals surface area contributed by atoms with Crippen LogP contribution in [-0.2, 0) is 20.4 Å². The first-order valence-electron chi connectivity index (χ1n) is 4.16. The average Bonchev–Trinajstić information content (AvgIpc) is 2.06. The predicted octanol–water partition coefficient (Wildman–Crippen LogP) is 0.268. The second-order valence-electron chi connectivity index (χ2n) is 3.17. The third-order valence-corrected chi connectivity index (χ3v) is 3.17. The van der Waals surface area contributed by atoms with Crippen molar-refractivity contribution in [3.63, 3.8) is 0 Å². The molecule has 15 heavy (non-hydrogen) atoms. The second-order valence-corrected chi connectivity index (χ2v) is 5.23. The number of aliphatic carboxylic acids is 1. The van der Waals surface area contributed by atoms with Gasteiger partial charge >= 0.3 is 5.97 Å². The van der Waals surface area contributed by atoms with Gasteiger partial charge in [0.1, 0.15) is 5.75 Å². The maximum Gasteiger partial charge on any atom is 0.318 e. The maximum absolute atomic E-state index is 11.3. The standard InChI is InChI=1S/C9H11NO4S/c10-8-3-1-7(2-4-8)5-15(13,14)6-9(11)12/h1-4H,5-6,10H2,(H,11,12). The highest BCUT2D eigenvalue weighted by Crippen LogP contribution is 2.09. The SMILES string of the molecule is Nc1ccc(CS(=O)(=O)CC(=O)O)cc1. The van der Waals surface area contributed by atoms with E-state index in [9.17, 15) is 13.2 Å². The molecule has 0 aliphatic rings. The van der Waals surface area contributed by atoms with Crippen LogP contribution in [-0.4, -0.2) is 25.2 Å². The molecule has 3 N–H and O–H groups in total. The topological polar surface area (TPSA) is 97.5 Å². The fourth-order valence-electron chi connectivity index (χ4n) is 1.11. The van der Waals surface area contributed by atoms with Crippen LogP contribution in [0.2, 0.25) is 0 Å². The van der Waals surface area contributed by atoms with Gasteiger partial charge in [0, 0.05) is 5.69 Å². The zero-order valence-corrected chi connectivity index (χ0v) is 8.70. The lowest BCUT2D eigenvalue weighted by molar-refractivity contribution is -0.134. The van der Waals surface area contributed by atoms with Crippen LogP contribution in [0.15, 0.2) is 24.3 Å². The maximum atomic E-state index is 11.3. The summed E-state index contributed by atoms with van der Waals surface area (Å²) < 4.78 is 22.6. The average molecular weight is 229 g/mol. The van der Waals surface area contributed by atoms with E-state index in [1.54, 1.807) is 24.3 Å². The number of nitrogen functional groups attached to an aromatic ring is 1. The van der Waals surface area contributed by atoms with Gasteiger partial charge in [-0.1, -0.05) is 12.1 Å². The number of anilines is 1. The lowest BCUT2D eigenvalue weighted by Gasteiger charge is -2.02. The summed E-state index contributed by atoms with van der Waals surface area (Å²) in [6.07, 6.45) is 0. The van der Waals surface area contributed by atoms with Crippen molar-refractivity contribution in [1.82, 2.24) is 0 Å². The highest BCUT2D eigenvalue weighted by atomic mass is 32.2. The fraction of sp³-hybridized carbons (Fsp3) is 0.222. The molecule has 1 aromatic rings. The van der Waals surface area contributed by atoms with Crippen LogP contribution in [0.4, 0.5) is 5.69 Å². The predicted molar refractivity (Wildman–Crippen MR) is 56.0 cm³/mol. The lowest BCUT2D eigenvalue weighted by atomic mass is 10.2. The Morgan fingerprint density at radius 1 is 1.27 bits per heavy atom. The van der Waals surface area contributed by atoms with E-state index in [0.29, 0.717) is 11.3 Å². The monoisotopic (exact) mass is 229 g/mol. The first kappa shape index (κ1) is 11.5. The molecule has 0 aliphatic carbocycles. The molecular formula is C9H11NO4S. The van der Waals surface area contributed by atoms with Gasteiger partial charge in [0.2, 0.25) is 0 Å². The van der Waals surface area contributed by atoms with E-state index in [2.05, 4.69) is 0 Å². The highest BCUT2D eigenvalue weighted by Gasteiger charge is 2.16. The number of benzene rings is 1. The molecule has 0 aliphatic heterocycles. The quantitative estimate of drug-likeness (QED) is 0.722. The van der Waals surface area contributed by atoms with E-state index >= 15 is 0 Å². The number of carboxylic acids is 1. The number of carbonyl (C=O) groups is 1. The minimum atomic E-state index is -3.59. The summed E-state index contributed by atoms with van der Waals surface area (Å²) in [6.45, 7) is 0. The molecule has 0 bridgehead atoms. The van der Waals surface area contributed by atoms with Crippen molar-refractivity contribution in [2.75, 3.05) is 11.5 Å². The van der Waals surface area contributed by atoms with Crippen LogP contribution >= 0.6 is 0 Å². The molecule has 1 rings (SSSR count). The Morgan fingerprint density at radius 2 is 1.80 bits per heavy atom. The van der Waals surface area contributed by atoms with E-state index in [4.69, 9.17) is 10.8 Å². The largest absolute Gasteiger partial charge is 0.480 e. The Bertz CT molecular complexity index is 450. The van der Waals surface area contributed by atoms with E-state index in [1.165, 1.54) is 0 Å². The smallest absolute Gasteiger partial charge is 0.318 e. The van der Waals surface area contributed by atoms with Crippen LogP contribution in [0.25, 0.3) is 0 Å². The number of hydrogen-bond donors (Lipinski definition) is 2. The summed E-state index contributed by atoms with van der Waals surface area (Å²) in [5.74, 6) is -2.47. The highest BCUT2D eigenvalue weighted by molar-refractivity contribution is 7.91. The first-order chi connectivity index (χ1) is 6.89. The van der Waals surface area contributed by atoms with Crippen molar-refractivity contribution in [3.8, 4) is 0 Å². The van der Waals surface area contributed by atoms with Gasteiger partial charge in [0.15, 0.2) is 9.84 Å². The Labute approximate surface area is 87.4 Å². The van der Waals surface area contributed by atoms with Crippen molar-refractivity contribution in [3.05, 3.63) is 29.8 Å². The molecule has 5 nitrogen and oxygen atoms in total. The molecule has 0 amide bonds. The zero-order chi connectivity index (χ0) is 11.5. The summed E-state index contributed by atoms with van der Waals surface area (Å²) in [7, 11) is -3.59. The van der Waals surface area contributed by atoms with Gasteiger partial charge in [0.25, 0.3) is 0 Å².